The molecule has 1 fully saturated rings. The van der Waals surface area contributed by atoms with Gasteiger partial charge in [-0.1, -0.05) is 13.8 Å². The van der Waals surface area contributed by atoms with Crippen LogP contribution >= 0.6 is 0 Å². The Morgan fingerprint density at radius 3 is 2.59 bits per heavy atom. The Morgan fingerprint density at radius 2 is 2.12 bits per heavy atom. The number of aliphatic hydroxyl groups is 1. The van der Waals surface area contributed by atoms with E-state index < -0.39 is 0 Å². The van der Waals surface area contributed by atoms with E-state index in [-0.39, 0.29) is 29.5 Å². The highest BCUT2D eigenvalue weighted by Crippen LogP contribution is 2.25. The van der Waals surface area contributed by atoms with Gasteiger partial charge in [0.15, 0.2) is 0 Å². The molecule has 1 aliphatic rings. The third-order valence-electron chi connectivity index (χ3n) is 3.33. The molecular formula is C13H25NO3. The van der Waals surface area contributed by atoms with Crippen LogP contribution < -0.4 is 0 Å². The second-order valence-corrected chi connectivity index (χ2v) is 6.29. The molecule has 1 heterocycles. The van der Waals surface area contributed by atoms with Gasteiger partial charge in [-0.15, -0.1) is 0 Å². The Morgan fingerprint density at radius 1 is 1.53 bits per heavy atom. The number of Topliss-reactive ketones (excluding diaryl/α,β-unsaturated/α-hetero) is 1. The van der Waals surface area contributed by atoms with Crippen molar-refractivity contribution in [3.63, 3.8) is 0 Å². The lowest BCUT2D eigenvalue weighted by Crippen LogP contribution is -2.56. The minimum absolute atomic E-state index is 0.0282. The number of ether oxygens (including phenoxy) is 1. The van der Waals surface area contributed by atoms with E-state index in [4.69, 9.17) is 4.74 Å². The van der Waals surface area contributed by atoms with Gasteiger partial charge in [-0.05, 0) is 20.8 Å². The predicted octanol–water partition coefficient (Wildman–Crippen LogP) is 1.07. The van der Waals surface area contributed by atoms with Crippen LogP contribution in [-0.4, -0.2) is 53.7 Å². The van der Waals surface area contributed by atoms with Crippen molar-refractivity contribution in [1.82, 2.24) is 4.90 Å². The van der Waals surface area contributed by atoms with Crippen molar-refractivity contribution < 1.29 is 14.6 Å². The minimum atomic E-state index is -0.340. The van der Waals surface area contributed by atoms with E-state index in [0.717, 1.165) is 6.54 Å². The molecule has 0 aromatic heterocycles. The third-order valence-corrected chi connectivity index (χ3v) is 3.33. The summed E-state index contributed by atoms with van der Waals surface area (Å²) < 4.78 is 5.75. The smallest absolute Gasteiger partial charge is 0.136 e. The van der Waals surface area contributed by atoms with Crippen LogP contribution in [0.5, 0.6) is 0 Å². The number of hydrogen-bond acceptors (Lipinski definition) is 4. The number of carbonyl (C=O) groups excluding carboxylic acids is 1. The van der Waals surface area contributed by atoms with Gasteiger partial charge in [0, 0.05) is 25.0 Å². The molecule has 1 unspecified atom stereocenters. The molecule has 1 N–H and O–H groups in total. The average Bonchev–Trinajstić information content (AvgIpc) is 2.13. The van der Waals surface area contributed by atoms with Gasteiger partial charge in [0.2, 0.25) is 0 Å². The fraction of sp³-hybridized carbons (Fsp3) is 0.923. The monoisotopic (exact) mass is 243 g/mol. The summed E-state index contributed by atoms with van der Waals surface area (Å²) in [5.41, 5.74) is -0.605. The number of hydrogen-bond donors (Lipinski definition) is 1. The van der Waals surface area contributed by atoms with Crippen molar-refractivity contribution in [3.05, 3.63) is 0 Å². The van der Waals surface area contributed by atoms with E-state index in [2.05, 4.69) is 4.90 Å². The van der Waals surface area contributed by atoms with Gasteiger partial charge in [-0.25, -0.2) is 0 Å². The van der Waals surface area contributed by atoms with Crippen LogP contribution in [0.15, 0.2) is 0 Å². The van der Waals surface area contributed by atoms with Crippen molar-refractivity contribution in [2.45, 2.75) is 46.3 Å². The maximum absolute atomic E-state index is 11.5. The number of carbonyl (C=O) groups is 1. The summed E-state index contributed by atoms with van der Waals surface area (Å²) >= 11 is 0. The lowest BCUT2D eigenvalue weighted by molar-refractivity contribution is -0.155. The zero-order valence-electron chi connectivity index (χ0n) is 11.6. The van der Waals surface area contributed by atoms with Crippen molar-refractivity contribution in [2.24, 2.45) is 5.41 Å². The Hall–Kier alpha value is -0.450. The first-order valence-electron chi connectivity index (χ1n) is 6.18. The molecule has 0 saturated carbocycles. The maximum Gasteiger partial charge on any atom is 0.136 e. The molecule has 4 heteroatoms. The van der Waals surface area contributed by atoms with Crippen LogP contribution in [0.25, 0.3) is 0 Å². The van der Waals surface area contributed by atoms with Gasteiger partial charge in [-0.2, -0.15) is 0 Å². The molecule has 0 aromatic carbocycles. The number of aliphatic hydroxyl groups excluding tert-OH is 1. The predicted molar refractivity (Wildman–Crippen MR) is 66.9 cm³/mol. The maximum atomic E-state index is 11.5. The molecule has 1 atom stereocenters. The third kappa shape index (κ3) is 4.05. The van der Waals surface area contributed by atoms with Crippen LogP contribution in [0.1, 0.15) is 34.6 Å². The summed E-state index contributed by atoms with van der Waals surface area (Å²) in [5.74, 6) is 0.197. The van der Waals surface area contributed by atoms with E-state index >= 15 is 0 Å². The highest BCUT2D eigenvalue weighted by atomic mass is 16.5. The van der Waals surface area contributed by atoms with Gasteiger partial charge in [-0.3, -0.25) is 9.69 Å². The highest BCUT2D eigenvalue weighted by Gasteiger charge is 2.36. The second-order valence-electron chi connectivity index (χ2n) is 6.29. The molecule has 0 radical (unpaired) electrons. The van der Waals surface area contributed by atoms with E-state index in [0.29, 0.717) is 13.1 Å². The minimum Gasteiger partial charge on any atom is -0.394 e. The van der Waals surface area contributed by atoms with Gasteiger partial charge in [0.25, 0.3) is 0 Å². The molecule has 17 heavy (non-hydrogen) atoms. The Bertz CT molecular complexity index is 286. The van der Waals surface area contributed by atoms with Crippen LogP contribution in [0.2, 0.25) is 0 Å². The van der Waals surface area contributed by atoms with Crippen LogP contribution in [0, 0.1) is 5.41 Å². The molecule has 0 bridgehead atoms. The van der Waals surface area contributed by atoms with Gasteiger partial charge >= 0.3 is 0 Å². The fourth-order valence-electron chi connectivity index (χ4n) is 2.30. The first-order chi connectivity index (χ1) is 7.66. The molecule has 1 rings (SSSR count). The quantitative estimate of drug-likeness (QED) is 0.802. The largest absolute Gasteiger partial charge is 0.394 e. The van der Waals surface area contributed by atoms with Gasteiger partial charge in [0.05, 0.1) is 18.3 Å². The zero-order chi connectivity index (χ0) is 13.3. The summed E-state index contributed by atoms with van der Waals surface area (Å²) in [6, 6.07) is 0. The average molecular weight is 243 g/mol. The standard InChI is InChI=1S/C13H25NO3/c1-10(16)12(2,3)8-14-6-11(7-15)17-13(4,5)9-14/h11,15H,6-9H2,1-5H3. The van der Waals surface area contributed by atoms with Gasteiger partial charge < -0.3 is 9.84 Å². The number of nitrogens with zero attached hydrogens (tertiary/aromatic N) is 1. The lowest BCUT2D eigenvalue weighted by atomic mass is 9.87. The van der Waals surface area contributed by atoms with E-state index in [1.165, 1.54) is 0 Å². The van der Waals surface area contributed by atoms with Gasteiger partial charge in [0.1, 0.15) is 5.78 Å². The second kappa shape index (κ2) is 5.04. The number of ketones is 1. The van der Waals surface area contributed by atoms with E-state index in [1.54, 1.807) is 6.92 Å². The molecular weight excluding hydrogens is 218 g/mol. The first-order valence-corrected chi connectivity index (χ1v) is 6.18. The normalized spacial score (nSPS) is 25.9. The van der Waals surface area contributed by atoms with E-state index in [9.17, 15) is 9.90 Å². The summed E-state index contributed by atoms with van der Waals surface area (Å²) in [5, 5.41) is 9.23. The van der Waals surface area contributed by atoms with Crippen LogP contribution in [0.4, 0.5) is 0 Å². The number of rotatable bonds is 4. The Labute approximate surface area is 104 Å². The molecule has 100 valence electrons. The summed E-state index contributed by atoms with van der Waals surface area (Å²) in [6.45, 7) is 11.8. The van der Waals surface area contributed by atoms with Crippen LogP contribution in [-0.2, 0) is 9.53 Å². The molecule has 0 aromatic rings. The lowest BCUT2D eigenvalue weighted by Gasteiger charge is -2.44. The highest BCUT2D eigenvalue weighted by molar-refractivity contribution is 5.81. The van der Waals surface area contributed by atoms with Crippen LogP contribution in [0.3, 0.4) is 0 Å². The molecule has 4 nitrogen and oxygen atoms in total. The SMILES string of the molecule is CC(=O)C(C)(C)CN1CC(CO)OC(C)(C)C1. The topological polar surface area (TPSA) is 49.8 Å². The van der Waals surface area contributed by atoms with E-state index in [1.807, 2.05) is 27.7 Å². The van der Waals surface area contributed by atoms with Crippen molar-refractivity contribution >= 4 is 5.78 Å². The Kier molecular flexibility index (Phi) is 4.33. The Balaban J connectivity index is 2.68. The molecule has 0 amide bonds. The zero-order valence-corrected chi connectivity index (χ0v) is 11.6. The first kappa shape index (κ1) is 14.6. The van der Waals surface area contributed by atoms with Crippen molar-refractivity contribution in [1.29, 1.82) is 0 Å². The summed E-state index contributed by atoms with van der Waals surface area (Å²) in [7, 11) is 0. The van der Waals surface area contributed by atoms with Crippen molar-refractivity contribution in [3.8, 4) is 0 Å². The summed E-state index contributed by atoms with van der Waals surface area (Å²) in [6.07, 6.45) is -0.151. The number of morpholine rings is 1. The fourth-order valence-corrected chi connectivity index (χ4v) is 2.30. The molecule has 1 aliphatic heterocycles. The van der Waals surface area contributed by atoms with Crippen molar-refractivity contribution in [2.75, 3.05) is 26.2 Å². The molecule has 0 aliphatic carbocycles. The summed E-state index contributed by atoms with van der Waals surface area (Å²) in [4.78, 5) is 13.8. The molecule has 1 saturated heterocycles. The molecule has 0 spiro atoms.